The molecule has 1 saturated heterocycles. The van der Waals surface area contributed by atoms with Gasteiger partial charge in [0.2, 0.25) is 0 Å². The van der Waals surface area contributed by atoms with E-state index in [2.05, 4.69) is 36.5 Å². The standard InChI is InChI=1S/C9H16N2/c1-10-7-5-8-3-4-9(6-7)11(8)2/h3-4,7-10H,5-6H2,1-2H3/t7-,8+,9-. The second-order valence-corrected chi connectivity index (χ2v) is 3.64. The number of nitrogens with zero attached hydrogens (tertiary/aromatic N) is 1. The van der Waals surface area contributed by atoms with Gasteiger partial charge in [-0.1, -0.05) is 12.2 Å². The Hall–Kier alpha value is -0.340. The van der Waals surface area contributed by atoms with Crippen LogP contribution in [-0.2, 0) is 0 Å². The first-order valence-corrected chi connectivity index (χ1v) is 4.39. The molecule has 1 N–H and O–H groups in total. The lowest BCUT2D eigenvalue weighted by Gasteiger charge is -2.36. The van der Waals surface area contributed by atoms with E-state index in [0.29, 0.717) is 12.1 Å². The zero-order valence-corrected chi connectivity index (χ0v) is 7.25. The second-order valence-electron chi connectivity index (χ2n) is 3.64. The van der Waals surface area contributed by atoms with Gasteiger partial charge >= 0.3 is 0 Å². The largest absolute Gasteiger partial charge is 0.317 e. The van der Waals surface area contributed by atoms with Gasteiger partial charge in [-0.05, 0) is 26.9 Å². The molecule has 0 unspecified atom stereocenters. The molecule has 3 atom stereocenters. The number of likely N-dealkylation sites (N-methyl/N-ethyl adjacent to an activating group) is 1. The van der Waals surface area contributed by atoms with E-state index in [0.717, 1.165) is 6.04 Å². The van der Waals surface area contributed by atoms with Gasteiger partial charge in [0.25, 0.3) is 0 Å². The average Bonchev–Trinajstić information content (AvgIpc) is 2.26. The van der Waals surface area contributed by atoms with Crippen LogP contribution in [0.3, 0.4) is 0 Å². The third kappa shape index (κ3) is 1.10. The van der Waals surface area contributed by atoms with Crippen molar-refractivity contribution in [1.29, 1.82) is 0 Å². The molecule has 0 aliphatic carbocycles. The molecule has 2 heterocycles. The van der Waals surface area contributed by atoms with E-state index in [4.69, 9.17) is 0 Å². The maximum atomic E-state index is 3.36. The van der Waals surface area contributed by atoms with Crippen molar-refractivity contribution in [3.63, 3.8) is 0 Å². The summed E-state index contributed by atoms with van der Waals surface area (Å²) < 4.78 is 0. The van der Waals surface area contributed by atoms with Gasteiger partial charge in [0.15, 0.2) is 0 Å². The van der Waals surface area contributed by atoms with Crippen LogP contribution >= 0.6 is 0 Å². The van der Waals surface area contributed by atoms with Crippen molar-refractivity contribution in [2.24, 2.45) is 0 Å². The zero-order chi connectivity index (χ0) is 7.84. The molecule has 0 saturated carbocycles. The fourth-order valence-corrected chi connectivity index (χ4v) is 2.18. The Bertz CT molecular complexity index is 160. The molecule has 2 nitrogen and oxygen atoms in total. The molecule has 11 heavy (non-hydrogen) atoms. The quantitative estimate of drug-likeness (QED) is 0.554. The van der Waals surface area contributed by atoms with Crippen molar-refractivity contribution in [3.05, 3.63) is 12.2 Å². The van der Waals surface area contributed by atoms with Crippen molar-refractivity contribution in [2.45, 2.75) is 31.0 Å². The molecule has 1 fully saturated rings. The highest BCUT2D eigenvalue weighted by Gasteiger charge is 2.33. The predicted molar refractivity (Wildman–Crippen MR) is 46.6 cm³/mol. The third-order valence-electron chi connectivity index (χ3n) is 3.06. The van der Waals surface area contributed by atoms with E-state index < -0.39 is 0 Å². The van der Waals surface area contributed by atoms with Gasteiger partial charge in [-0.25, -0.2) is 0 Å². The lowest BCUT2D eigenvalue weighted by molar-refractivity contribution is 0.167. The summed E-state index contributed by atoms with van der Waals surface area (Å²) in [5.41, 5.74) is 0. The van der Waals surface area contributed by atoms with Gasteiger partial charge in [0, 0.05) is 18.1 Å². The number of fused-ring (bicyclic) bond motifs is 2. The Morgan fingerprint density at radius 1 is 1.27 bits per heavy atom. The van der Waals surface area contributed by atoms with E-state index >= 15 is 0 Å². The fraction of sp³-hybridized carbons (Fsp3) is 0.778. The van der Waals surface area contributed by atoms with Crippen LogP contribution in [0.2, 0.25) is 0 Å². The van der Waals surface area contributed by atoms with Crippen LogP contribution in [-0.4, -0.2) is 37.1 Å². The number of piperidine rings is 1. The highest BCUT2D eigenvalue weighted by atomic mass is 15.2. The summed E-state index contributed by atoms with van der Waals surface area (Å²) in [6, 6.07) is 2.13. The van der Waals surface area contributed by atoms with Crippen LogP contribution in [0.5, 0.6) is 0 Å². The minimum Gasteiger partial charge on any atom is -0.317 e. The summed E-state index contributed by atoms with van der Waals surface area (Å²) in [4.78, 5) is 2.47. The number of hydrogen-bond donors (Lipinski definition) is 1. The topological polar surface area (TPSA) is 15.3 Å². The van der Waals surface area contributed by atoms with Crippen LogP contribution in [0.25, 0.3) is 0 Å². The first kappa shape index (κ1) is 7.32. The molecule has 0 radical (unpaired) electrons. The molecule has 0 aromatic rings. The molecule has 62 valence electrons. The van der Waals surface area contributed by atoms with Gasteiger partial charge in [-0.15, -0.1) is 0 Å². The molecule has 2 aliphatic rings. The maximum Gasteiger partial charge on any atom is 0.0296 e. The molecule has 2 rings (SSSR count). The minimum absolute atomic E-state index is 0.700. The first-order chi connectivity index (χ1) is 5.31. The Morgan fingerprint density at radius 3 is 2.27 bits per heavy atom. The summed E-state index contributed by atoms with van der Waals surface area (Å²) in [7, 11) is 4.29. The Labute approximate surface area is 68.3 Å². The SMILES string of the molecule is CN[C@H]1C[C@H]2C=C[C@@H](C1)N2C. The fourth-order valence-electron chi connectivity index (χ4n) is 2.18. The summed E-state index contributed by atoms with van der Waals surface area (Å²) in [5.74, 6) is 0. The Kier molecular flexibility index (Phi) is 1.74. The molecule has 2 heteroatoms. The highest BCUT2D eigenvalue weighted by molar-refractivity contribution is 5.14. The lowest BCUT2D eigenvalue weighted by Crippen LogP contribution is -2.46. The Balaban J connectivity index is 2.06. The van der Waals surface area contributed by atoms with E-state index in [-0.39, 0.29) is 0 Å². The number of rotatable bonds is 1. The van der Waals surface area contributed by atoms with Gasteiger partial charge < -0.3 is 5.32 Å². The molecule has 0 amide bonds. The van der Waals surface area contributed by atoms with Crippen molar-refractivity contribution in [3.8, 4) is 0 Å². The highest BCUT2D eigenvalue weighted by Crippen LogP contribution is 2.28. The van der Waals surface area contributed by atoms with Gasteiger partial charge in [0.05, 0.1) is 0 Å². The first-order valence-electron chi connectivity index (χ1n) is 4.39. The second kappa shape index (κ2) is 2.61. The molecule has 2 bridgehead atoms. The summed E-state index contributed by atoms with van der Waals surface area (Å²) in [5, 5.41) is 3.36. The van der Waals surface area contributed by atoms with Crippen LogP contribution in [0.15, 0.2) is 12.2 Å². The molecule has 2 aliphatic heterocycles. The summed E-state index contributed by atoms with van der Waals surface area (Å²) >= 11 is 0. The van der Waals surface area contributed by atoms with Crippen molar-refractivity contribution >= 4 is 0 Å². The molecule has 0 spiro atoms. The molecule has 0 aromatic carbocycles. The Morgan fingerprint density at radius 2 is 1.82 bits per heavy atom. The zero-order valence-electron chi connectivity index (χ0n) is 7.25. The number of hydrogen-bond acceptors (Lipinski definition) is 2. The normalized spacial score (nSPS) is 43.3. The van der Waals surface area contributed by atoms with Crippen molar-refractivity contribution < 1.29 is 0 Å². The molecule has 0 aromatic heterocycles. The van der Waals surface area contributed by atoms with E-state index in [1.54, 1.807) is 0 Å². The van der Waals surface area contributed by atoms with Crippen LogP contribution in [0.4, 0.5) is 0 Å². The monoisotopic (exact) mass is 152 g/mol. The summed E-state index contributed by atoms with van der Waals surface area (Å²) in [6.07, 6.45) is 7.25. The van der Waals surface area contributed by atoms with E-state index in [1.807, 2.05) is 0 Å². The van der Waals surface area contributed by atoms with E-state index in [1.165, 1.54) is 12.8 Å². The van der Waals surface area contributed by atoms with Crippen LogP contribution in [0, 0.1) is 0 Å². The van der Waals surface area contributed by atoms with Gasteiger partial charge in [-0.2, -0.15) is 0 Å². The molecular weight excluding hydrogens is 136 g/mol. The summed E-state index contributed by atoms with van der Waals surface area (Å²) in [6.45, 7) is 0. The van der Waals surface area contributed by atoms with Crippen molar-refractivity contribution in [1.82, 2.24) is 10.2 Å². The third-order valence-corrected chi connectivity index (χ3v) is 3.06. The van der Waals surface area contributed by atoms with E-state index in [9.17, 15) is 0 Å². The predicted octanol–water partition coefficient (Wildman–Crippen LogP) is 0.607. The van der Waals surface area contributed by atoms with Gasteiger partial charge in [0.1, 0.15) is 0 Å². The van der Waals surface area contributed by atoms with Gasteiger partial charge in [-0.3, -0.25) is 4.90 Å². The van der Waals surface area contributed by atoms with Crippen LogP contribution in [0.1, 0.15) is 12.8 Å². The van der Waals surface area contributed by atoms with Crippen molar-refractivity contribution in [2.75, 3.05) is 14.1 Å². The minimum atomic E-state index is 0.700. The van der Waals surface area contributed by atoms with Crippen LogP contribution < -0.4 is 5.32 Å². The maximum absolute atomic E-state index is 3.36. The average molecular weight is 152 g/mol. The smallest absolute Gasteiger partial charge is 0.0296 e. The number of nitrogens with one attached hydrogen (secondary N) is 1. The lowest BCUT2D eigenvalue weighted by atomic mass is 9.97. The molecular formula is C9H16N2.